The first-order chi connectivity index (χ1) is 11.2. The molecule has 23 heavy (non-hydrogen) atoms. The van der Waals surface area contributed by atoms with E-state index in [1.807, 2.05) is 45.9 Å². The van der Waals surface area contributed by atoms with Crippen molar-refractivity contribution < 1.29 is 0 Å². The zero-order valence-electron chi connectivity index (χ0n) is 14.8. The van der Waals surface area contributed by atoms with Gasteiger partial charge in [-0.1, -0.05) is 69.7 Å². The van der Waals surface area contributed by atoms with E-state index < -0.39 is 0 Å². The molecule has 0 bridgehead atoms. The molecule has 0 radical (unpaired) electrons. The third-order valence-electron chi connectivity index (χ3n) is 3.17. The molecule has 2 aromatic carbocycles. The normalized spacial score (nSPS) is 11.0. The Kier molecular flexibility index (Phi) is 8.52. The van der Waals surface area contributed by atoms with E-state index in [2.05, 4.69) is 42.2 Å². The number of thiazole rings is 1. The van der Waals surface area contributed by atoms with Gasteiger partial charge in [-0.25, -0.2) is 4.98 Å². The van der Waals surface area contributed by atoms with Crippen molar-refractivity contribution in [3.63, 3.8) is 0 Å². The van der Waals surface area contributed by atoms with Crippen molar-refractivity contribution in [2.75, 3.05) is 0 Å². The Balaban J connectivity index is 0.000000615. The summed E-state index contributed by atoms with van der Waals surface area (Å²) in [5, 5.41) is 1.02. The fraction of sp³-hybridized carbons (Fsp3) is 0.350. The van der Waals surface area contributed by atoms with Crippen molar-refractivity contribution in [2.45, 2.75) is 47.1 Å². The molecule has 0 spiro atoms. The molecule has 3 heteroatoms. The molecule has 0 aliphatic carbocycles. The van der Waals surface area contributed by atoms with Crippen LogP contribution in [0.5, 0.6) is 0 Å². The third-order valence-corrected chi connectivity index (χ3v) is 4.33. The number of aryl methyl sites for hydroxylation is 1. The summed E-state index contributed by atoms with van der Waals surface area (Å²) in [7, 11) is 0. The summed E-state index contributed by atoms with van der Waals surface area (Å²) in [4.78, 5) is 4.62. The molecule has 3 rings (SSSR count). The number of nitrogens with zero attached hydrogens (tertiary/aromatic N) is 1. The molecule has 1 heterocycles. The molecule has 0 aliphatic heterocycles. The van der Waals surface area contributed by atoms with Crippen molar-refractivity contribution in [3.8, 4) is 0 Å². The molecule has 0 saturated heterocycles. The molecule has 1 unspecified atom stereocenters. The zero-order chi connectivity index (χ0) is 17.2. The molecule has 2 N–H and O–H groups in total. The standard InChI is InChI=1S/C16H16N2S.2C2H6/c1-11-5-4-6-12(9-11)10-13(17)16-18-14-7-2-3-8-15(14)19-16;2*1-2/h2-9,13H,10,17H2,1H3;2*1-2H3. The quantitative estimate of drug-likeness (QED) is 0.650. The minimum atomic E-state index is -0.0285. The van der Waals surface area contributed by atoms with Crippen LogP contribution in [0.3, 0.4) is 0 Å². The Morgan fingerprint density at radius 1 is 1.00 bits per heavy atom. The van der Waals surface area contributed by atoms with Gasteiger partial charge in [0.25, 0.3) is 0 Å². The van der Waals surface area contributed by atoms with Crippen LogP contribution in [0, 0.1) is 6.92 Å². The lowest BCUT2D eigenvalue weighted by molar-refractivity contribution is 0.717. The molecule has 2 nitrogen and oxygen atoms in total. The van der Waals surface area contributed by atoms with Crippen molar-refractivity contribution in [2.24, 2.45) is 5.73 Å². The Labute approximate surface area is 144 Å². The molecular weight excluding hydrogens is 300 g/mol. The summed E-state index contributed by atoms with van der Waals surface area (Å²) in [6.07, 6.45) is 0.835. The van der Waals surface area contributed by atoms with Gasteiger partial charge in [0.15, 0.2) is 0 Å². The molecule has 1 atom stereocenters. The SMILES string of the molecule is CC.CC.Cc1cccc(CC(N)c2nc3ccccc3s2)c1. The summed E-state index contributed by atoms with van der Waals surface area (Å²) in [5.41, 5.74) is 9.87. The van der Waals surface area contributed by atoms with Crippen molar-refractivity contribution >= 4 is 21.6 Å². The van der Waals surface area contributed by atoms with Crippen LogP contribution in [0.2, 0.25) is 0 Å². The van der Waals surface area contributed by atoms with Crippen LogP contribution in [0.4, 0.5) is 0 Å². The first kappa shape index (κ1) is 19.3. The summed E-state index contributed by atoms with van der Waals surface area (Å²) >= 11 is 1.69. The summed E-state index contributed by atoms with van der Waals surface area (Å²) in [6.45, 7) is 10.1. The highest BCUT2D eigenvalue weighted by molar-refractivity contribution is 7.18. The van der Waals surface area contributed by atoms with Crippen LogP contribution in [-0.4, -0.2) is 4.98 Å². The van der Waals surface area contributed by atoms with Gasteiger partial charge < -0.3 is 5.73 Å². The van der Waals surface area contributed by atoms with Gasteiger partial charge in [0, 0.05) is 0 Å². The molecular formula is C20H28N2S. The predicted octanol–water partition coefficient (Wildman–Crippen LogP) is 5.90. The smallest absolute Gasteiger partial charge is 0.111 e. The van der Waals surface area contributed by atoms with E-state index in [0.717, 1.165) is 16.9 Å². The monoisotopic (exact) mass is 328 g/mol. The Morgan fingerprint density at radius 2 is 1.70 bits per heavy atom. The van der Waals surface area contributed by atoms with Crippen LogP contribution in [-0.2, 0) is 6.42 Å². The second-order valence-electron chi connectivity index (χ2n) is 4.82. The maximum atomic E-state index is 6.29. The minimum Gasteiger partial charge on any atom is -0.322 e. The molecule has 1 aromatic heterocycles. The fourth-order valence-electron chi connectivity index (χ4n) is 2.23. The molecule has 0 aliphatic rings. The topological polar surface area (TPSA) is 38.9 Å². The number of hydrogen-bond acceptors (Lipinski definition) is 3. The lowest BCUT2D eigenvalue weighted by Gasteiger charge is -2.08. The van der Waals surface area contributed by atoms with E-state index in [-0.39, 0.29) is 6.04 Å². The summed E-state index contributed by atoms with van der Waals surface area (Å²) in [5.74, 6) is 0. The van der Waals surface area contributed by atoms with Gasteiger partial charge >= 0.3 is 0 Å². The van der Waals surface area contributed by atoms with E-state index in [9.17, 15) is 0 Å². The molecule has 124 valence electrons. The number of para-hydroxylation sites is 1. The van der Waals surface area contributed by atoms with Crippen LogP contribution in [0.25, 0.3) is 10.2 Å². The van der Waals surface area contributed by atoms with E-state index in [1.54, 1.807) is 11.3 Å². The van der Waals surface area contributed by atoms with Crippen LogP contribution in [0.1, 0.15) is 49.9 Å². The largest absolute Gasteiger partial charge is 0.322 e. The number of hydrogen-bond donors (Lipinski definition) is 1. The average molecular weight is 329 g/mol. The van der Waals surface area contributed by atoms with Crippen molar-refractivity contribution in [3.05, 3.63) is 64.7 Å². The van der Waals surface area contributed by atoms with E-state index in [0.29, 0.717) is 0 Å². The van der Waals surface area contributed by atoms with Gasteiger partial charge in [0.2, 0.25) is 0 Å². The van der Waals surface area contributed by atoms with Crippen LogP contribution < -0.4 is 5.73 Å². The van der Waals surface area contributed by atoms with Gasteiger partial charge in [-0.15, -0.1) is 11.3 Å². The zero-order valence-corrected chi connectivity index (χ0v) is 15.7. The van der Waals surface area contributed by atoms with Gasteiger partial charge in [-0.2, -0.15) is 0 Å². The van der Waals surface area contributed by atoms with Gasteiger partial charge in [0.1, 0.15) is 5.01 Å². The maximum absolute atomic E-state index is 6.29. The number of benzene rings is 2. The van der Waals surface area contributed by atoms with Crippen molar-refractivity contribution in [1.82, 2.24) is 4.98 Å². The lowest BCUT2D eigenvalue weighted by atomic mass is 10.0. The number of rotatable bonds is 3. The second-order valence-corrected chi connectivity index (χ2v) is 5.88. The van der Waals surface area contributed by atoms with E-state index in [1.165, 1.54) is 15.8 Å². The number of aromatic nitrogens is 1. The summed E-state index contributed by atoms with van der Waals surface area (Å²) in [6, 6.07) is 16.6. The second kappa shape index (κ2) is 10.1. The minimum absolute atomic E-state index is 0.0285. The van der Waals surface area contributed by atoms with E-state index >= 15 is 0 Å². The van der Waals surface area contributed by atoms with Gasteiger partial charge in [-0.05, 0) is 31.0 Å². The fourth-order valence-corrected chi connectivity index (χ4v) is 3.20. The number of fused-ring (bicyclic) bond motifs is 1. The highest BCUT2D eigenvalue weighted by atomic mass is 32.1. The highest BCUT2D eigenvalue weighted by Crippen LogP contribution is 2.27. The van der Waals surface area contributed by atoms with Gasteiger partial charge in [0.05, 0.1) is 16.3 Å². The molecule has 0 fully saturated rings. The molecule has 3 aromatic rings. The maximum Gasteiger partial charge on any atom is 0.111 e. The Bertz CT molecular complexity index is 670. The van der Waals surface area contributed by atoms with Crippen molar-refractivity contribution in [1.29, 1.82) is 0 Å². The highest BCUT2D eigenvalue weighted by Gasteiger charge is 2.12. The first-order valence-corrected chi connectivity index (χ1v) is 9.20. The Hall–Kier alpha value is -1.71. The third kappa shape index (κ3) is 5.45. The summed E-state index contributed by atoms with van der Waals surface area (Å²) < 4.78 is 1.21. The van der Waals surface area contributed by atoms with Crippen LogP contribution in [0.15, 0.2) is 48.5 Å². The molecule has 0 amide bonds. The van der Waals surface area contributed by atoms with Gasteiger partial charge in [-0.3, -0.25) is 0 Å². The average Bonchev–Trinajstić information content (AvgIpc) is 3.03. The Morgan fingerprint density at radius 3 is 2.35 bits per heavy atom. The number of nitrogens with two attached hydrogens (primary N) is 1. The molecule has 0 saturated carbocycles. The predicted molar refractivity (Wildman–Crippen MR) is 104 cm³/mol. The lowest BCUT2D eigenvalue weighted by Crippen LogP contribution is -2.12. The van der Waals surface area contributed by atoms with Crippen LogP contribution >= 0.6 is 11.3 Å². The first-order valence-electron chi connectivity index (χ1n) is 8.39. The van der Waals surface area contributed by atoms with E-state index in [4.69, 9.17) is 5.73 Å².